The van der Waals surface area contributed by atoms with Gasteiger partial charge in [-0.2, -0.15) is 5.10 Å². The van der Waals surface area contributed by atoms with Crippen LogP contribution < -0.4 is 15.5 Å². The van der Waals surface area contributed by atoms with Crippen LogP contribution in [-0.4, -0.2) is 46.3 Å². The molecule has 3 aliphatic rings. The smallest absolute Gasteiger partial charge is 0.407 e. The largest absolute Gasteiger partial charge is 0.446 e. The first-order chi connectivity index (χ1) is 16.8. The molecule has 1 aromatic carbocycles. The zero-order valence-corrected chi connectivity index (χ0v) is 19.7. The highest BCUT2D eigenvalue weighted by Crippen LogP contribution is 2.37. The van der Waals surface area contributed by atoms with Gasteiger partial charge in [0.1, 0.15) is 11.9 Å². The SMILES string of the molecule is CC1(NC(=O)O[C@H]2CC[C@@H](c3cc(NC(=O)Cc4ccc(N5CCCC5=O)cc4F)n[nH]3)C2)CC1. The maximum Gasteiger partial charge on any atom is 0.407 e. The highest BCUT2D eigenvalue weighted by atomic mass is 19.1. The highest BCUT2D eigenvalue weighted by molar-refractivity contribution is 5.95. The first kappa shape index (κ1) is 23.3. The van der Waals surface area contributed by atoms with Gasteiger partial charge in [-0.1, -0.05) is 6.07 Å². The minimum atomic E-state index is -0.517. The number of hydrogen-bond donors (Lipinski definition) is 3. The third-order valence-electron chi connectivity index (χ3n) is 7.14. The summed E-state index contributed by atoms with van der Waals surface area (Å²) in [5.74, 6) is -0.393. The van der Waals surface area contributed by atoms with Gasteiger partial charge in [0, 0.05) is 41.9 Å². The second-order valence-electron chi connectivity index (χ2n) is 10.1. The Morgan fingerprint density at radius 1 is 1.29 bits per heavy atom. The lowest BCUT2D eigenvalue weighted by Crippen LogP contribution is -2.36. The molecule has 3 fully saturated rings. The Kier molecular flexibility index (Phi) is 6.21. The number of amides is 3. The van der Waals surface area contributed by atoms with Crippen LogP contribution in [0.1, 0.15) is 69.0 Å². The maximum atomic E-state index is 14.6. The molecular weight excluding hydrogens is 453 g/mol. The van der Waals surface area contributed by atoms with E-state index in [1.165, 1.54) is 6.07 Å². The number of ether oxygens (including phenoxy) is 1. The van der Waals surface area contributed by atoms with Crippen LogP contribution in [0, 0.1) is 5.82 Å². The second kappa shape index (κ2) is 9.31. The van der Waals surface area contributed by atoms with Crippen LogP contribution >= 0.6 is 0 Å². The molecule has 2 atom stereocenters. The van der Waals surface area contributed by atoms with Gasteiger partial charge in [0.2, 0.25) is 11.8 Å². The summed E-state index contributed by atoms with van der Waals surface area (Å²) in [6.07, 6.45) is 4.86. The normalized spacial score (nSPS) is 22.8. The van der Waals surface area contributed by atoms with Crippen LogP contribution in [0.25, 0.3) is 0 Å². The summed E-state index contributed by atoms with van der Waals surface area (Å²) < 4.78 is 20.1. The van der Waals surface area contributed by atoms with Crippen LogP contribution in [0.2, 0.25) is 0 Å². The molecule has 0 unspecified atom stereocenters. The van der Waals surface area contributed by atoms with Gasteiger partial charge in [-0.25, -0.2) is 9.18 Å². The van der Waals surface area contributed by atoms with Crippen LogP contribution in [0.5, 0.6) is 0 Å². The summed E-state index contributed by atoms with van der Waals surface area (Å²) in [4.78, 5) is 38.0. The minimum absolute atomic E-state index is 0.0137. The molecule has 0 bridgehead atoms. The van der Waals surface area contributed by atoms with E-state index in [0.717, 1.165) is 37.8 Å². The third kappa shape index (κ3) is 5.47. The van der Waals surface area contributed by atoms with Gasteiger partial charge in [0.05, 0.1) is 6.42 Å². The van der Waals surface area contributed by atoms with E-state index in [0.29, 0.717) is 30.9 Å². The number of anilines is 2. The number of carbonyl (C=O) groups is 3. The molecule has 5 rings (SSSR count). The second-order valence-corrected chi connectivity index (χ2v) is 10.1. The Bertz CT molecular complexity index is 1140. The molecule has 1 saturated heterocycles. The Morgan fingerprint density at radius 2 is 2.11 bits per heavy atom. The number of benzene rings is 1. The van der Waals surface area contributed by atoms with Crippen molar-refractivity contribution in [2.75, 3.05) is 16.8 Å². The number of H-pyrrole nitrogens is 1. The number of nitrogens with zero attached hydrogens (tertiary/aromatic N) is 2. The van der Waals surface area contributed by atoms with Gasteiger partial charge in [0.15, 0.2) is 5.82 Å². The molecule has 9 nitrogen and oxygen atoms in total. The van der Waals surface area contributed by atoms with Crippen molar-refractivity contribution < 1.29 is 23.5 Å². The van der Waals surface area contributed by atoms with Crippen molar-refractivity contribution >= 4 is 29.4 Å². The van der Waals surface area contributed by atoms with E-state index in [1.54, 1.807) is 23.1 Å². The number of halogens is 1. The molecule has 2 aromatic rings. The lowest BCUT2D eigenvalue weighted by Gasteiger charge is -2.16. The molecule has 3 amide bonds. The van der Waals surface area contributed by atoms with Gasteiger partial charge in [-0.05, 0) is 63.1 Å². The van der Waals surface area contributed by atoms with E-state index in [2.05, 4.69) is 20.8 Å². The molecule has 0 radical (unpaired) electrons. The molecule has 1 aromatic heterocycles. The third-order valence-corrected chi connectivity index (χ3v) is 7.14. The van der Waals surface area contributed by atoms with Crippen LogP contribution in [-0.2, 0) is 20.7 Å². The Morgan fingerprint density at radius 3 is 2.83 bits per heavy atom. The first-order valence-electron chi connectivity index (χ1n) is 12.2. The lowest BCUT2D eigenvalue weighted by atomic mass is 10.0. The van der Waals surface area contributed by atoms with Crippen molar-refractivity contribution in [1.82, 2.24) is 15.5 Å². The van der Waals surface area contributed by atoms with Gasteiger partial charge < -0.3 is 20.3 Å². The van der Waals surface area contributed by atoms with E-state index in [9.17, 15) is 18.8 Å². The highest BCUT2D eigenvalue weighted by Gasteiger charge is 2.40. The standard InChI is InChI=1S/C25H30FN5O4/c1-25(8-9-25)28-24(34)35-18-7-5-16(11-18)20-14-21(30-29-20)27-22(32)12-15-4-6-17(13-19(15)26)31-10-2-3-23(31)33/h4,6,13-14,16,18H,2-3,5,7-12H2,1H3,(H,28,34)(H2,27,29,30,32)/t16-,18+/m1/s1. The fourth-order valence-corrected chi connectivity index (χ4v) is 4.81. The Balaban J connectivity index is 1.12. The Labute approximate surface area is 202 Å². The molecule has 2 heterocycles. The topological polar surface area (TPSA) is 116 Å². The molecule has 186 valence electrons. The van der Waals surface area contributed by atoms with E-state index in [-0.39, 0.29) is 47.5 Å². The van der Waals surface area contributed by atoms with E-state index in [1.807, 2.05) is 6.92 Å². The predicted octanol–water partition coefficient (Wildman–Crippen LogP) is 3.77. The Hall–Kier alpha value is -3.43. The first-order valence-corrected chi connectivity index (χ1v) is 12.2. The number of aromatic nitrogens is 2. The molecular formula is C25H30FN5O4. The minimum Gasteiger partial charge on any atom is -0.446 e. The van der Waals surface area contributed by atoms with Crippen molar-refractivity contribution in [3.8, 4) is 0 Å². The molecule has 2 aliphatic carbocycles. The average molecular weight is 484 g/mol. The number of alkyl carbamates (subject to hydrolysis) is 1. The van der Waals surface area contributed by atoms with E-state index < -0.39 is 5.82 Å². The van der Waals surface area contributed by atoms with Gasteiger partial charge in [0.25, 0.3) is 0 Å². The average Bonchev–Trinajstić information content (AvgIpc) is 3.22. The van der Waals surface area contributed by atoms with Crippen molar-refractivity contribution in [2.45, 2.75) is 75.9 Å². The van der Waals surface area contributed by atoms with Gasteiger partial charge in [-0.3, -0.25) is 14.7 Å². The fourth-order valence-electron chi connectivity index (χ4n) is 4.81. The van der Waals surface area contributed by atoms with E-state index >= 15 is 0 Å². The monoisotopic (exact) mass is 483 g/mol. The maximum absolute atomic E-state index is 14.6. The predicted molar refractivity (Wildman–Crippen MR) is 127 cm³/mol. The molecule has 2 saturated carbocycles. The zero-order valence-electron chi connectivity index (χ0n) is 19.7. The summed E-state index contributed by atoms with van der Waals surface area (Å²) in [6.45, 7) is 2.59. The van der Waals surface area contributed by atoms with Crippen molar-refractivity contribution in [2.24, 2.45) is 0 Å². The summed E-state index contributed by atoms with van der Waals surface area (Å²) in [5.41, 5.74) is 1.53. The van der Waals surface area contributed by atoms with Crippen LogP contribution in [0.4, 0.5) is 20.7 Å². The quantitative estimate of drug-likeness (QED) is 0.554. The number of rotatable bonds is 7. The fraction of sp³-hybridized carbons (Fsp3) is 0.520. The number of hydrogen-bond acceptors (Lipinski definition) is 5. The molecule has 10 heteroatoms. The summed E-state index contributed by atoms with van der Waals surface area (Å²) >= 11 is 0. The number of aromatic amines is 1. The molecule has 35 heavy (non-hydrogen) atoms. The van der Waals surface area contributed by atoms with Crippen molar-refractivity contribution in [1.29, 1.82) is 0 Å². The molecule has 3 N–H and O–H groups in total. The van der Waals surface area contributed by atoms with E-state index in [4.69, 9.17) is 4.74 Å². The summed E-state index contributed by atoms with van der Waals surface area (Å²) in [6, 6.07) is 6.30. The van der Waals surface area contributed by atoms with Crippen LogP contribution in [0.15, 0.2) is 24.3 Å². The lowest BCUT2D eigenvalue weighted by molar-refractivity contribution is -0.117. The van der Waals surface area contributed by atoms with Crippen molar-refractivity contribution in [3.05, 3.63) is 41.3 Å². The van der Waals surface area contributed by atoms with Gasteiger partial charge in [-0.15, -0.1) is 0 Å². The summed E-state index contributed by atoms with van der Waals surface area (Å²) in [5, 5.41) is 12.7. The molecule has 0 spiro atoms. The summed E-state index contributed by atoms with van der Waals surface area (Å²) in [7, 11) is 0. The van der Waals surface area contributed by atoms with Crippen molar-refractivity contribution in [3.63, 3.8) is 0 Å². The van der Waals surface area contributed by atoms with Gasteiger partial charge >= 0.3 is 6.09 Å². The molecule has 1 aliphatic heterocycles. The van der Waals surface area contributed by atoms with Crippen LogP contribution in [0.3, 0.4) is 0 Å². The zero-order chi connectivity index (χ0) is 24.6. The number of nitrogens with one attached hydrogen (secondary N) is 3. The number of carbonyl (C=O) groups excluding carboxylic acids is 3.